The Bertz CT molecular complexity index is 493. The Kier molecular flexibility index (Phi) is 3.54. The van der Waals surface area contributed by atoms with Gasteiger partial charge in [-0.15, -0.1) is 0 Å². The molecule has 1 N–H and O–H groups in total. The Morgan fingerprint density at radius 2 is 2.12 bits per heavy atom. The topological polar surface area (TPSA) is 54.4 Å². The molecule has 2 unspecified atom stereocenters. The third-order valence-electron chi connectivity index (χ3n) is 3.37. The minimum atomic E-state index is -2.91. The lowest BCUT2D eigenvalue weighted by atomic mass is 9.73. The van der Waals surface area contributed by atoms with Gasteiger partial charge < -0.3 is 5.11 Å². The molecule has 0 bridgehead atoms. The van der Waals surface area contributed by atoms with Crippen molar-refractivity contribution < 1.29 is 13.5 Å². The molecule has 2 rings (SSSR count). The minimum Gasteiger partial charge on any atom is -0.392 e. The summed E-state index contributed by atoms with van der Waals surface area (Å²) in [4.78, 5) is 0. The van der Waals surface area contributed by atoms with Crippen molar-refractivity contribution in [1.82, 2.24) is 0 Å². The van der Waals surface area contributed by atoms with E-state index in [1.54, 1.807) is 0 Å². The molecule has 1 aromatic carbocycles. The van der Waals surface area contributed by atoms with Gasteiger partial charge in [-0.05, 0) is 30.4 Å². The van der Waals surface area contributed by atoms with E-state index in [9.17, 15) is 13.5 Å². The van der Waals surface area contributed by atoms with Gasteiger partial charge in [0.15, 0.2) is 0 Å². The van der Waals surface area contributed by atoms with Gasteiger partial charge in [0.25, 0.3) is 0 Å². The highest BCUT2D eigenvalue weighted by atomic mass is 32.2. The van der Waals surface area contributed by atoms with Gasteiger partial charge in [-0.1, -0.05) is 24.3 Å². The number of sulfone groups is 1. The van der Waals surface area contributed by atoms with Crippen molar-refractivity contribution >= 4 is 9.84 Å². The number of benzene rings is 1. The van der Waals surface area contributed by atoms with E-state index < -0.39 is 15.9 Å². The van der Waals surface area contributed by atoms with Gasteiger partial charge >= 0.3 is 0 Å². The van der Waals surface area contributed by atoms with Crippen molar-refractivity contribution in [2.75, 3.05) is 12.0 Å². The number of hydrogen-bond acceptors (Lipinski definition) is 3. The predicted molar refractivity (Wildman–Crippen MR) is 67.8 cm³/mol. The molecule has 0 aromatic heterocycles. The van der Waals surface area contributed by atoms with Crippen molar-refractivity contribution in [3.63, 3.8) is 0 Å². The molecule has 2 atom stereocenters. The molecule has 94 valence electrons. The molecule has 0 saturated heterocycles. The maximum absolute atomic E-state index is 11.0. The molecule has 0 radical (unpaired) electrons. The fourth-order valence-corrected chi connectivity index (χ4v) is 3.09. The Hall–Kier alpha value is -0.870. The molecule has 0 amide bonds. The molecule has 1 aliphatic rings. The fourth-order valence-electron chi connectivity index (χ4n) is 2.40. The summed E-state index contributed by atoms with van der Waals surface area (Å²) >= 11 is 0. The number of aliphatic hydroxyl groups excluding tert-OH is 1. The maximum Gasteiger partial charge on any atom is 0.147 e. The zero-order valence-electron chi connectivity index (χ0n) is 9.96. The molecular weight excluding hydrogens is 236 g/mol. The van der Waals surface area contributed by atoms with Crippen LogP contribution in [0.1, 0.15) is 29.9 Å². The van der Waals surface area contributed by atoms with E-state index in [4.69, 9.17) is 0 Å². The highest BCUT2D eigenvalue weighted by Gasteiger charge is 2.31. The van der Waals surface area contributed by atoms with Crippen LogP contribution in [0.25, 0.3) is 0 Å². The van der Waals surface area contributed by atoms with Gasteiger partial charge in [0.2, 0.25) is 0 Å². The second kappa shape index (κ2) is 4.78. The molecule has 17 heavy (non-hydrogen) atoms. The van der Waals surface area contributed by atoms with E-state index in [0.717, 1.165) is 6.42 Å². The van der Waals surface area contributed by atoms with Crippen molar-refractivity contribution in [3.05, 3.63) is 35.4 Å². The largest absolute Gasteiger partial charge is 0.392 e. The highest BCUT2D eigenvalue weighted by Crippen LogP contribution is 2.38. The van der Waals surface area contributed by atoms with Crippen LogP contribution in [0.5, 0.6) is 0 Å². The summed E-state index contributed by atoms with van der Waals surface area (Å²) in [6, 6.07) is 8.11. The van der Waals surface area contributed by atoms with Crippen LogP contribution >= 0.6 is 0 Å². The maximum atomic E-state index is 11.0. The SMILES string of the molecule is CS(=O)(=O)CCCC(O)C1Cc2ccccc21. The Labute approximate surface area is 102 Å². The number of rotatable bonds is 5. The number of fused-ring (bicyclic) bond motifs is 1. The second-order valence-corrected chi connectivity index (χ2v) is 7.11. The number of hydrogen-bond donors (Lipinski definition) is 1. The zero-order valence-corrected chi connectivity index (χ0v) is 10.8. The molecule has 3 nitrogen and oxygen atoms in total. The fraction of sp³-hybridized carbons (Fsp3) is 0.538. The molecule has 1 aliphatic carbocycles. The Morgan fingerprint density at radius 1 is 1.41 bits per heavy atom. The molecule has 4 heteroatoms. The lowest BCUT2D eigenvalue weighted by molar-refractivity contribution is 0.123. The van der Waals surface area contributed by atoms with Crippen molar-refractivity contribution in [3.8, 4) is 0 Å². The summed E-state index contributed by atoms with van der Waals surface area (Å²) < 4.78 is 22.0. The summed E-state index contributed by atoms with van der Waals surface area (Å²) in [7, 11) is -2.91. The second-order valence-electron chi connectivity index (χ2n) is 4.85. The van der Waals surface area contributed by atoms with Gasteiger partial charge in [0.1, 0.15) is 9.84 Å². The van der Waals surface area contributed by atoms with Crippen LogP contribution in [0.2, 0.25) is 0 Å². The van der Waals surface area contributed by atoms with Crippen LogP contribution in [0, 0.1) is 0 Å². The van der Waals surface area contributed by atoms with Crippen LogP contribution in [0.4, 0.5) is 0 Å². The van der Waals surface area contributed by atoms with Gasteiger partial charge in [-0.3, -0.25) is 0 Å². The predicted octanol–water partition coefficient (Wildman–Crippen LogP) is 1.51. The van der Waals surface area contributed by atoms with Crippen LogP contribution < -0.4 is 0 Å². The number of aliphatic hydroxyl groups is 1. The molecule has 0 saturated carbocycles. The van der Waals surface area contributed by atoms with E-state index in [2.05, 4.69) is 6.07 Å². The summed E-state index contributed by atoms with van der Waals surface area (Å²) in [6.07, 6.45) is 2.84. The van der Waals surface area contributed by atoms with Gasteiger partial charge in [-0.2, -0.15) is 0 Å². The smallest absolute Gasteiger partial charge is 0.147 e. The van der Waals surface area contributed by atoms with E-state index in [0.29, 0.717) is 12.8 Å². The van der Waals surface area contributed by atoms with Crippen molar-refractivity contribution in [1.29, 1.82) is 0 Å². The quantitative estimate of drug-likeness (QED) is 0.866. The van der Waals surface area contributed by atoms with Crippen LogP contribution in [-0.4, -0.2) is 31.6 Å². The lowest BCUT2D eigenvalue weighted by Gasteiger charge is -2.33. The molecular formula is C13H18O3S. The minimum absolute atomic E-state index is 0.165. The zero-order chi connectivity index (χ0) is 12.5. The van der Waals surface area contributed by atoms with Crippen molar-refractivity contribution in [2.45, 2.75) is 31.3 Å². The van der Waals surface area contributed by atoms with Gasteiger partial charge in [0, 0.05) is 17.9 Å². The third-order valence-corrected chi connectivity index (χ3v) is 4.40. The highest BCUT2D eigenvalue weighted by molar-refractivity contribution is 7.90. The average molecular weight is 254 g/mol. The first-order valence-electron chi connectivity index (χ1n) is 5.91. The van der Waals surface area contributed by atoms with Crippen LogP contribution in [0.3, 0.4) is 0 Å². The third kappa shape index (κ3) is 3.07. The van der Waals surface area contributed by atoms with Gasteiger partial charge in [0.05, 0.1) is 6.10 Å². The van der Waals surface area contributed by atoms with E-state index >= 15 is 0 Å². The first kappa shape index (κ1) is 12.6. The standard InChI is InChI=1S/C13H18O3S/c1-17(15,16)8-4-7-13(14)12-9-10-5-2-3-6-11(10)12/h2-3,5-6,12-14H,4,7-9H2,1H3. The van der Waals surface area contributed by atoms with Crippen LogP contribution in [0.15, 0.2) is 24.3 Å². The summed E-state index contributed by atoms with van der Waals surface area (Å²) in [6.45, 7) is 0. The first-order chi connectivity index (χ1) is 7.97. The normalized spacial score (nSPS) is 20.5. The average Bonchev–Trinajstić information content (AvgIpc) is 2.18. The summed E-state index contributed by atoms with van der Waals surface area (Å²) in [5, 5.41) is 10.0. The summed E-state index contributed by atoms with van der Waals surface area (Å²) in [5.74, 6) is 0.365. The molecule has 0 fully saturated rings. The monoisotopic (exact) mass is 254 g/mol. The molecule has 1 aromatic rings. The molecule has 0 spiro atoms. The summed E-state index contributed by atoms with van der Waals surface area (Å²) in [5.41, 5.74) is 2.53. The van der Waals surface area contributed by atoms with E-state index in [1.165, 1.54) is 17.4 Å². The first-order valence-corrected chi connectivity index (χ1v) is 7.97. The van der Waals surface area contributed by atoms with Crippen molar-refractivity contribution in [2.24, 2.45) is 0 Å². The molecule has 0 aliphatic heterocycles. The van der Waals surface area contributed by atoms with E-state index in [-0.39, 0.29) is 11.7 Å². The van der Waals surface area contributed by atoms with Crippen LogP contribution in [-0.2, 0) is 16.3 Å². The Balaban J connectivity index is 1.85. The van der Waals surface area contributed by atoms with Gasteiger partial charge in [-0.25, -0.2) is 8.42 Å². The molecule has 0 heterocycles. The lowest BCUT2D eigenvalue weighted by Crippen LogP contribution is -2.29. The van der Waals surface area contributed by atoms with E-state index in [1.807, 2.05) is 18.2 Å². The Morgan fingerprint density at radius 3 is 2.76 bits per heavy atom.